The summed E-state index contributed by atoms with van der Waals surface area (Å²) in [5.74, 6) is 1.51. The van der Waals surface area contributed by atoms with E-state index in [1.807, 2.05) is 20.8 Å². The molecule has 0 aliphatic heterocycles. The van der Waals surface area contributed by atoms with Crippen LogP contribution in [0.1, 0.15) is 40.5 Å². The fourth-order valence-corrected chi connectivity index (χ4v) is 1.68. The van der Waals surface area contributed by atoms with E-state index in [0.29, 0.717) is 24.6 Å². The van der Waals surface area contributed by atoms with E-state index < -0.39 is 0 Å². The Morgan fingerprint density at radius 3 is 2.29 bits per heavy atom. The van der Waals surface area contributed by atoms with Crippen LogP contribution in [0.5, 0.6) is 0 Å². The van der Waals surface area contributed by atoms with Crippen LogP contribution in [0.25, 0.3) is 0 Å². The molecule has 0 unspecified atom stereocenters. The molecular formula is C14H26N6O. The summed E-state index contributed by atoms with van der Waals surface area (Å²) < 4.78 is 0. The maximum absolute atomic E-state index is 11.7. The molecule has 118 valence electrons. The predicted octanol–water partition coefficient (Wildman–Crippen LogP) is 1.60. The Morgan fingerprint density at radius 1 is 1.19 bits per heavy atom. The summed E-state index contributed by atoms with van der Waals surface area (Å²) in [6, 6.07) is 1.79. The van der Waals surface area contributed by atoms with Gasteiger partial charge in [-0.3, -0.25) is 4.79 Å². The lowest BCUT2D eigenvalue weighted by molar-refractivity contribution is -0.122. The Morgan fingerprint density at radius 2 is 1.76 bits per heavy atom. The van der Waals surface area contributed by atoms with Crippen molar-refractivity contribution in [3.8, 4) is 0 Å². The molecule has 7 nitrogen and oxygen atoms in total. The molecular weight excluding hydrogens is 268 g/mol. The number of amides is 1. The lowest BCUT2D eigenvalue weighted by Gasteiger charge is -2.20. The second kappa shape index (κ2) is 7.66. The van der Waals surface area contributed by atoms with Crippen LogP contribution in [0, 0.1) is 0 Å². The van der Waals surface area contributed by atoms with Gasteiger partial charge >= 0.3 is 0 Å². The summed E-state index contributed by atoms with van der Waals surface area (Å²) >= 11 is 0. The van der Waals surface area contributed by atoms with Gasteiger partial charge in [-0.15, -0.1) is 0 Å². The maximum Gasteiger partial charge on any atom is 0.223 e. The number of hydrogen-bond donors (Lipinski definition) is 4. The lowest BCUT2D eigenvalue weighted by atomic mass is 10.1. The maximum atomic E-state index is 11.7. The van der Waals surface area contributed by atoms with Crippen LogP contribution >= 0.6 is 0 Å². The van der Waals surface area contributed by atoms with E-state index >= 15 is 0 Å². The van der Waals surface area contributed by atoms with E-state index in [2.05, 4.69) is 32.8 Å². The third-order valence-corrected chi connectivity index (χ3v) is 2.47. The minimum atomic E-state index is -0.215. The Balaban J connectivity index is 2.48. The average molecular weight is 294 g/mol. The van der Waals surface area contributed by atoms with Gasteiger partial charge in [0.15, 0.2) is 0 Å². The molecule has 7 heteroatoms. The molecule has 1 aromatic heterocycles. The van der Waals surface area contributed by atoms with E-state index in [1.54, 1.807) is 6.07 Å². The Labute approximate surface area is 126 Å². The highest BCUT2D eigenvalue weighted by atomic mass is 16.1. The normalized spacial score (nSPS) is 11.0. The molecule has 0 spiro atoms. The number of carbonyl (C=O) groups is 1. The molecule has 5 N–H and O–H groups in total. The number of carbonyl (C=O) groups excluding carboxylic acids is 1. The average Bonchev–Trinajstić information content (AvgIpc) is 2.33. The first-order chi connectivity index (χ1) is 9.80. The van der Waals surface area contributed by atoms with Gasteiger partial charge in [0.1, 0.15) is 11.6 Å². The molecule has 1 heterocycles. The number of rotatable bonds is 7. The SMILES string of the molecule is CCCNc1cc(NCCC(=O)NC(C)(C)C)nc(N)n1. The summed E-state index contributed by atoms with van der Waals surface area (Å²) in [6.07, 6.45) is 1.37. The zero-order chi connectivity index (χ0) is 15.9. The van der Waals surface area contributed by atoms with Crippen LogP contribution in [0.4, 0.5) is 17.6 Å². The topological polar surface area (TPSA) is 105 Å². The molecule has 0 saturated heterocycles. The van der Waals surface area contributed by atoms with Crippen LogP contribution in [0.2, 0.25) is 0 Å². The third kappa shape index (κ3) is 7.34. The van der Waals surface area contributed by atoms with Gasteiger partial charge in [0.05, 0.1) is 0 Å². The Hall–Kier alpha value is -2.05. The van der Waals surface area contributed by atoms with Crippen molar-refractivity contribution in [3.05, 3.63) is 6.07 Å². The van der Waals surface area contributed by atoms with Gasteiger partial charge in [-0.25, -0.2) is 0 Å². The highest BCUT2D eigenvalue weighted by molar-refractivity contribution is 5.77. The molecule has 21 heavy (non-hydrogen) atoms. The quantitative estimate of drug-likeness (QED) is 0.609. The van der Waals surface area contributed by atoms with Crippen LogP contribution in [0.3, 0.4) is 0 Å². The van der Waals surface area contributed by atoms with Crippen LogP contribution in [0.15, 0.2) is 6.07 Å². The van der Waals surface area contributed by atoms with Gasteiger partial charge in [-0.1, -0.05) is 6.92 Å². The summed E-state index contributed by atoms with van der Waals surface area (Å²) in [5.41, 5.74) is 5.45. The van der Waals surface area contributed by atoms with Crippen molar-refractivity contribution in [1.82, 2.24) is 15.3 Å². The van der Waals surface area contributed by atoms with Gasteiger partial charge in [-0.2, -0.15) is 9.97 Å². The standard InChI is InChI=1S/C14H26N6O/c1-5-7-16-10-9-11(19-13(15)18-10)17-8-6-12(21)20-14(2,3)4/h9H,5-8H2,1-4H3,(H,20,21)(H4,15,16,17,18,19). The molecule has 1 aromatic rings. The van der Waals surface area contributed by atoms with Crippen LogP contribution in [-0.4, -0.2) is 34.5 Å². The molecule has 0 aliphatic carbocycles. The number of aromatic nitrogens is 2. The zero-order valence-electron chi connectivity index (χ0n) is 13.3. The highest BCUT2D eigenvalue weighted by Gasteiger charge is 2.13. The number of anilines is 3. The van der Waals surface area contributed by atoms with E-state index in [9.17, 15) is 4.79 Å². The first kappa shape index (κ1) is 17.0. The Kier molecular flexibility index (Phi) is 6.20. The summed E-state index contributed by atoms with van der Waals surface area (Å²) in [6.45, 7) is 9.25. The van der Waals surface area contributed by atoms with E-state index in [4.69, 9.17) is 5.73 Å². The first-order valence-corrected chi connectivity index (χ1v) is 7.23. The van der Waals surface area contributed by atoms with Gasteiger partial charge in [-0.05, 0) is 27.2 Å². The van der Waals surface area contributed by atoms with E-state index in [1.165, 1.54) is 0 Å². The fraction of sp³-hybridized carbons (Fsp3) is 0.643. The number of nitrogens with two attached hydrogens (primary N) is 1. The second-order valence-corrected chi connectivity index (χ2v) is 5.90. The molecule has 0 aromatic carbocycles. The lowest BCUT2D eigenvalue weighted by Crippen LogP contribution is -2.41. The molecule has 0 bridgehead atoms. The van der Waals surface area contributed by atoms with Crippen molar-refractivity contribution in [2.24, 2.45) is 0 Å². The van der Waals surface area contributed by atoms with Crippen molar-refractivity contribution in [1.29, 1.82) is 0 Å². The minimum absolute atomic E-state index is 0.00126. The predicted molar refractivity (Wildman–Crippen MR) is 86.2 cm³/mol. The molecule has 0 aliphatic rings. The molecule has 1 amide bonds. The van der Waals surface area contributed by atoms with Gasteiger partial charge in [0.2, 0.25) is 11.9 Å². The monoisotopic (exact) mass is 294 g/mol. The molecule has 1 rings (SSSR count). The van der Waals surface area contributed by atoms with Crippen molar-refractivity contribution in [2.45, 2.75) is 46.1 Å². The minimum Gasteiger partial charge on any atom is -0.370 e. The van der Waals surface area contributed by atoms with Crippen molar-refractivity contribution in [3.63, 3.8) is 0 Å². The van der Waals surface area contributed by atoms with E-state index in [-0.39, 0.29) is 17.4 Å². The molecule has 0 fully saturated rings. The van der Waals surface area contributed by atoms with Crippen molar-refractivity contribution < 1.29 is 4.79 Å². The fourth-order valence-electron chi connectivity index (χ4n) is 1.68. The van der Waals surface area contributed by atoms with Crippen LogP contribution in [-0.2, 0) is 4.79 Å². The highest BCUT2D eigenvalue weighted by Crippen LogP contribution is 2.12. The number of nitrogen functional groups attached to an aromatic ring is 1. The number of nitrogens with zero attached hydrogens (tertiary/aromatic N) is 2. The number of hydrogen-bond acceptors (Lipinski definition) is 6. The molecule has 0 atom stereocenters. The molecule has 0 saturated carbocycles. The summed E-state index contributed by atoms with van der Waals surface area (Å²) in [7, 11) is 0. The Bertz CT molecular complexity index is 469. The van der Waals surface area contributed by atoms with Crippen LogP contribution < -0.4 is 21.7 Å². The van der Waals surface area contributed by atoms with Gasteiger partial charge < -0.3 is 21.7 Å². The first-order valence-electron chi connectivity index (χ1n) is 7.23. The summed E-state index contributed by atoms with van der Waals surface area (Å²) in [5, 5.41) is 9.15. The second-order valence-electron chi connectivity index (χ2n) is 5.90. The van der Waals surface area contributed by atoms with Gasteiger partial charge in [0.25, 0.3) is 0 Å². The summed E-state index contributed by atoms with van der Waals surface area (Å²) in [4.78, 5) is 19.9. The van der Waals surface area contributed by atoms with Crippen molar-refractivity contribution >= 4 is 23.5 Å². The third-order valence-electron chi connectivity index (χ3n) is 2.47. The van der Waals surface area contributed by atoms with E-state index in [0.717, 1.165) is 13.0 Å². The van der Waals surface area contributed by atoms with Crippen molar-refractivity contribution in [2.75, 3.05) is 29.5 Å². The zero-order valence-corrected chi connectivity index (χ0v) is 13.3. The number of nitrogens with one attached hydrogen (secondary N) is 3. The smallest absolute Gasteiger partial charge is 0.223 e. The molecule has 0 radical (unpaired) electrons. The van der Waals surface area contributed by atoms with Gasteiger partial charge in [0, 0.05) is 31.1 Å². The largest absolute Gasteiger partial charge is 0.370 e.